The lowest BCUT2D eigenvalue weighted by Crippen LogP contribution is -2.49. The summed E-state index contributed by atoms with van der Waals surface area (Å²) in [4.78, 5) is 31.1. The van der Waals surface area contributed by atoms with Gasteiger partial charge in [0.05, 0.1) is 12.3 Å². The number of fused-ring (bicyclic) bond motifs is 1. The monoisotopic (exact) mass is 436 g/mol. The number of piperidine rings is 1. The van der Waals surface area contributed by atoms with Gasteiger partial charge in [-0.25, -0.2) is 9.78 Å². The summed E-state index contributed by atoms with van der Waals surface area (Å²) in [5.41, 5.74) is 3.40. The lowest BCUT2D eigenvalue weighted by molar-refractivity contribution is 0.0685. The number of carbonyl (C=O) groups excluding carboxylic acids is 2. The van der Waals surface area contributed by atoms with Crippen molar-refractivity contribution in [2.75, 3.05) is 19.7 Å². The van der Waals surface area contributed by atoms with E-state index in [0.29, 0.717) is 37.6 Å². The van der Waals surface area contributed by atoms with Crippen molar-refractivity contribution in [3.63, 3.8) is 0 Å². The minimum absolute atomic E-state index is 0.0750. The number of ether oxygens (including phenoxy) is 2. The number of nitrogens with zero attached hydrogens (tertiary/aromatic N) is 3. The highest BCUT2D eigenvalue weighted by Gasteiger charge is 2.26. The summed E-state index contributed by atoms with van der Waals surface area (Å²) in [6, 6.07) is 11.1. The third-order valence-corrected chi connectivity index (χ3v) is 5.42. The van der Waals surface area contributed by atoms with Gasteiger partial charge in [-0.1, -0.05) is 12.1 Å². The van der Waals surface area contributed by atoms with Gasteiger partial charge in [0.2, 0.25) is 0 Å². The second-order valence-electron chi connectivity index (χ2n) is 7.98. The predicted octanol–water partition coefficient (Wildman–Crippen LogP) is 3.57. The number of likely N-dealkylation sites (tertiary alicyclic amines) is 1. The van der Waals surface area contributed by atoms with Crippen molar-refractivity contribution < 1.29 is 19.1 Å². The highest BCUT2D eigenvalue weighted by atomic mass is 16.5. The molecule has 1 atom stereocenters. The zero-order chi connectivity index (χ0) is 22.5. The number of benzene rings is 1. The van der Waals surface area contributed by atoms with Crippen LogP contribution < -0.4 is 10.1 Å². The van der Waals surface area contributed by atoms with Crippen LogP contribution in [0, 0.1) is 6.92 Å². The van der Waals surface area contributed by atoms with Gasteiger partial charge in [0.15, 0.2) is 0 Å². The molecule has 0 saturated carbocycles. The lowest BCUT2D eigenvalue weighted by atomic mass is 10.0. The van der Waals surface area contributed by atoms with E-state index in [1.54, 1.807) is 24.0 Å². The van der Waals surface area contributed by atoms with Gasteiger partial charge >= 0.3 is 6.09 Å². The van der Waals surface area contributed by atoms with Crippen LogP contribution in [0.5, 0.6) is 5.75 Å². The van der Waals surface area contributed by atoms with Crippen molar-refractivity contribution in [2.45, 2.75) is 39.3 Å². The molecule has 2 amide bonds. The number of carbonyl (C=O) groups is 2. The smallest absolute Gasteiger partial charge is 0.407 e. The Bertz CT molecular complexity index is 1110. The van der Waals surface area contributed by atoms with Gasteiger partial charge in [0.1, 0.15) is 18.0 Å². The normalized spacial score (nSPS) is 16.1. The molecule has 0 spiro atoms. The number of aryl methyl sites for hydroxylation is 1. The minimum atomic E-state index is -0.440. The van der Waals surface area contributed by atoms with Gasteiger partial charge < -0.3 is 24.1 Å². The van der Waals surface area contributed by atoms with E-state index in [0.717, 1.165) is 29.7 Å². The Balaban J connectivity index is 1.38. The molecule has 0 radical (unpaired) electrons. The number of imidazole rings is 1. The van der Waals surface area contributed by atoms with Crippen molar-refractivity contribution in [3.05, 3.63) is 65.6 Å². The second-order valence-corrected chi connectivity index (χ2v) is 7.98. The molecule has 1 unspecified atom stereocenters. The molecule has 4 rings (SSSR count). The molecule has 8 nitrogen and oxygen atoms in total. The molecule has 1 aromatic carbocycles. The van der Waals surface area contributed by atoms with Gasteiger partial charge in [0, 0.05) is 37.1 Å². The average molecular weight is 437 g/mol. The molecule has 1 aliphatic heterocycles. The summed E-state index contributed by atoms with van der Waals surface area (Å²) >= 11 is 0. The Labute approximate surface area is 187 Å². The molecule has 1 N–H and O–H groups in total. The van der Waals surface area contributed by atoms with Crippen LogP contribution in [0.3, 0.4) is 0 Å². The second kappa shape index (κ2) is 9.72. The van der Waals surface area contributed by atoms with E-state index in [2.05, 4.69) is 10.3 Å². The minimum Gasteiger partial charge on any atom is -0.487 e. The summed E-state index contributed by atoms with van der Waals surface area (Å²) in [7, 11) is 0. The summed E-state index contributed by atoms with van der Waals surface area (Å²) in [5, 5.41) is 2.83. The Morgan fingerprint density at radius 2 is 2.09 bits per heavy atom. The first kappa shape index (κ1) is 21.7. The molecule has 0 aliphatic carbocycles. The Hall–Kier alpha value is -3.55. The maximum atomic E-state index is 13.0. The van der Waals surface area contributed by atoms with E-state index in [4.69, 9.17) is 9.47 Å². The van der Waals surface area contributed by atoms with Crippen LogP contribution in [-0.2, 0) is 11.3 Å². The van der Waals surface area contributed by atoms with Crippen molar-refractivity contribution in [3.8, 4) is 5.75 Å². The van der Waals surface area contributed by atoms with Crippen LogP contribution in [-0.4, -0.2) is 52.0 Å². The van der Waals surface area contributed by atoms with Crippen LogP contribution >= 0.6 is 0 Å². The molecule has 1 saturated heterocycles. The topological polar surface area (TPSA) is 85.2 Å². The van der Waals surface area contributed by atoms with E-state index < -0.39 is 6.09 Å². The largest absolute Gasteiger partial charge is 0.487 e. The summed E-state index contributed by atoms with van der Waals surface area (Å²) in [6.07, 6.45) is 5.18. The lowest BCUT2D eigenvalue weighted by Gasteiger charge is -2.33. The Morgan fingerprint density at radius 1 is 1.22 bits per heavy atom. The van der Waals surface area contributed by atoms with Crippen LogP contribution in [0.2, 0.25) is 0 Å². The summed E-state index contributed by atoms with van der Waals surface area (Å²) in [6.45, 7) is 5.56. The fourth-order valence-electron chi connectivity index (χ4n) is 3.90. The predicted molar refractivity (Wildman–Crippen MR) is 120 cm³/mol. The van der Waals surface area contributed by atoms with E-state index in [1.807, 2.05) is 48.0 Å². The molecule has 8 heteroatoms. The van der Waals surface area contributed by atoms with Crippen molar-refractivity contribution in [2.24, 2.45) is 0 Å². The first-order valence-electron chi connectivity index (χ1n) is 10.9. The number of amides is 2. The maximum absolute atomic E-state index is 13.0. The third kappa shape index (κ3) is 5.19. The van der Waals surface area contributed by atoms with Gasteiger partial charge in [-0.2, -0.15) is 0 Å². The van der Waals surface area contributed by atoms with Gasteiger partial charge in [-0.3, -0.25) is 4.79 Å². The third-order valence-electron chi connectivity index (χ3n) is 5.42. The molecule has 168 valence electrons. The van der Waals surface area contributed by atoms with Crippen LogP contribution in [0.25, 0.3) is 5.65 Å². The highest BCUT2D eigenvalue weighted by molar-refractivity contribution is 5.94. The number of nitrogens with one attached hydrogen (secondary N) is 1. The van der Waals surface area contributed by atoms with E-state index in [-0.39, 0.29) is 11.9 Å². The SMILES string of the molecule is CCOC(=O)NC1CCCN(C(=O)c2cccc(OCc3cn4cc(C)ccc4n3)c2)C1. The van der Waals surface area contributed by atoms with Crippen molar-refractivity contribution in [1.29, 1.82) is 0 Å². The Morgan fingerprint density at radius 3 is 2.94 bits per heavy atom. The molecular formula is C24H28N4O4. The molecule has 3 aromatic rings. The zero-order valence-electron chi connectivity index (χ0n) is 18.4. The van der Waals surface area contributed by atoms with E-state index >= 15 is 0 Å². The first-order valence-corrected chi connectivity index (χ1v) is 10.9. The number of hydrogen-bond donors (Lipinski definition) is 1. The Kier molecular flexibility index (Phi) is 6.58. The van der Waals surface area contributed by atoms with Crippen LogP contribution in [0.4, 0.5) is 4.79 Å². The standard InChI is InChI=1S/C24H28N4O4/c1-3-31-24(30)26-19-7-5-11-27(14-19)23(29)18-6-4-8-21(12-18)32-16-20-15-28-13-17(2)9-10-22(28)25-20/h4,6,8-10,12-13,15,19H,3,5,7,11,14,16H2,1-2H3,(H,26,30). The van der Waals surface area contributed by atoms with Crippen LogP contribution in [0.15, 0.2) is 48.8 Å². The number of hydrogen-bond acceptors (Lipinski definition) is 5. The average Bonchev–Trinajstić information content (AvgIpc) is 3.20. The van der Waals surface area contributed by atoms with Crippen molar-refractivity contribution >= 4 is 17.6 Å². The van der Waals surface area contributed by atoms with Crippen molar-refractivity contribution in [1.82, 2.24) is 19.6 Å². The molecule has 3 heterocycles. The summed E-state index contributed by atoms with van der Waals surface area (Å²) in [5.74, 6) is 0.538. The summed E-state index contributed by atoms with van der Waals surface area (Å²) < 4.78 is 12.8. The molecule has 1 fully saturated rings. The van der Waals surface area contributed by atoms with Gasteiger partial charge in [-0.05, 0) is 56.5 Å². The van der Waals surface area contributed by atoms with E-state index in [9.17, 15) is 9.59 Å². The quantitative estimate of drug-likeness (QED) is 0.639. The molecule has 0 bridgehead atoms. The fourth-order valence-corrected chi connectivity index (χ4v) is 3.90. The number of pyridine rings is 1. The highest BCUT2D eigenvalue weighted by Crippen LogP contribution is 2.19. The molecular weight excluding hydrogens is 408 g/mol. The fraction of sp³-hybridized carbons (Fsp3) is 0.375. The van der Waals surface area contributed by atoms with Gasteiger partial charge in [-0.15, -0.1) is 0 Å². The van der Waals surface area contributed by atoms with Gasteiger partial charge in [0.25, 0.3) is 5.91 Å². The first-order chi connectivity index (χ1) is 15.5. The number of alkyl carbamates (subject to hydrolysis) is 1. The molecule has 32 heavy (non-hydrogen) atoms. The maximum Gasteiger partial charge on any atom is 0.407 e. The zero-order valence-corrected chi connectivity index (χ0v) is 18.4. The molecule has 2 aromatic heterocycles. The molecule has 1 aliphatic rings. The number of aromatic nitrogens is 2. The van der Waals surface area contributed by atoms with E-state index in [1.165, 1.54) is 0 Å². The number of rotatable bonds is 6. The van der Waals surface area contributed by atoms with Crippen LogP contribution in [0.1, 0.15) is 41.4 Å².